The zero-order valence-corrected chi connectivity index (χ0v) is 11.9. The molecule has 0 radical (unpaired) electrons. The van der Waals surface area contributed by atoms with Gasteiger partial charge in [-0.15, -0.1) is 11.8 Å². The van der Waals surface area contributed by atoms with Gasteiger partial charge in [-0.3, -0.25) is 4.79 Å². The summed E-state index contributed by atoms with van der Waals surface area (Å²) in [7, 11) is 0. The van der Waals surface area contributed by atoms with Gasteiger partial charge in [-0.25, -0.2) is 0 Å². The molecule has 0 aromatic heterocycles. The molecule has 0 fully saturated rings. The second-order valence-electron chi connectivity index (χ2n) is 4.42. The zero-order valence-electron chi connectivity index (χ0n) is 11.1. The van der Waals surface area contributed by atoms with Crippen LogP contribution in [0.4, 0.5) is 13.2 Å². The highest BCUT2D eigenvalue weighted by Crippen LogP contribution is 2.23. The summed E-state index contributed by atoms with van der Waals surface area (Å²) in [6, 6.07) is 5.78. The van der Waals surface area contributed by atoms with Gasteiger partial charge < -0.3 is 10.4 Å². The summed E-state index contributed by atoms with van der Waals surface area (Å²) in [4.78, 5) is 12.3. The maximum absolute atomic E-state index is 12.0. The van der Waals surface area contributed by atoms with Crippen LogP contribution in [-0.4, -0.2) is 35.6 Å². The molecule has 0 heterocycles. The van der Waals surface area contributed by atoms with Crippen LogP contribution < -0.4 is 5.32 Å². The Morgan fingerprint density at radius 3 is 2.65 bits per heavy atom. The van der Waals surface area contributed by atoms with Crippen molar-refractivity contribution in [3.8, 4) is 0 Å². The topological polar surface area (TPSA) is 49.3 Å². The van der Waals surface area contributed by atoms with Crippen molar-refractivity contribution in [2.24, 2.45) is 0 Å². The van der Waals surface area contributed by atoms with E-state index >= 15 is 0 Å². The lowest BCUT2D eigenvalue weighted by atomic mass is 10.2. The van der Waals surface area contributed by atoms with Crippen molar-refractivity contribution in [2.75, 3.05) is 12.3 Å². The highest BCUT2D eigenvalue weighted by molar-refractivity contribution is 8.00. The molecule has 7 heteroatoms. The molecule has 1 unspecified atom stereocenters. The highest BCUT2D eigenvalue weighted by Gasteiger charge is 2.38. The van der Waals surface area contributed by atoms with Crippen LogP contribution in [0.1, 0.15) is 11.1 Å². The number of hydrogen-bond acceptors (Lipinski definition) is 3. The molecule has 3 nitrogen and oxygen atoms in total. The van der Waals surface area contributed by atoms with Crippen molar-refractivity contribution < 1.29 is 23.1 Å². The first-order valence-electron chi connectivity index (χ1n) is 5.91. The molecule has 0 aliphatic heterocycles. The van der Waals surface area contributed by atoms with Crippen molar-refractivity contribution in [1.29, 1.82) is 0 Å². The summed E-state index contributed by atoms with van der Waals surface area (Å²) >= 11 is 1.25. The van der Waals surface area contributed by atoms with E-state index in [1.807, 2.05) is 32.0 Å². The van der Waals surface area contributed by atoms with Crippen molar-refractivity contribution in [2.45, 2.75) is 31.0 Å². The Kier molecular flexibility index (Phi) is 5.88. The summed E-state index contributed by atoms with van der Waals surface area (Å²) in [5, 5.41) is 10.8. The van der Waals surface area contributed by atoms with Crippen LogP contribution in [0.25, 0.3) is 0 Å². The maximum atomic E-state index is 12.0. The second-order valence-corrected chi connectivity index (χ2v) is 5.44. The first-order valence-corrected chi connectivity index (χ1v) is 6.90. The van der Waals surface area contributed by atoms with Gasteiger partial charge in [-0.2, -0.15) is 13.2 Å². The van der Waals surface area contributed by atoms with E-state index in [9.17, 15) is 18.0 Å². The monoisotopic (exact) mass is 307 g/mol. The van der Waals surface area contributed by atoms with E-state index in [0.717, 1.165) is 16.0 Å². The van der Waals surface area contributed by atoms with Gasteiger partial charge in [0, 0.05) is 4.90 Å². The molecule has 1 atom stereocenters. The van der Waals surface area contributed by atoms with Gasteiger partial charge in [0.1, 0.15) is 0 Å². The van der Waals surface area contributed by atoms with Crippen molar-refractivity contribution in [1.82, 2.24) is 5.32 Å². The number of hydrogen-bond donors (Lipinski definition) is 2. The third-order valence-electron chi connectivity index (χ3n) is 2.57. The average Bonchev–Trinajstić information content (AvgIpc) is 2.35. The highest BCUT2D eigenvalue weighted by atomic mass is 32.2. The fourth-order valence-electron chi connectivity index (χ4n) is 1.38. The second kappa shape index (κ2) is 6.99. The van der Waals surface area contributed by atoms with Gasteiger partial charge in [0.05, 0.1) is 12.3 Å². The fourth-order valence-corrected chi connectivity index (χ4v) is 2.34. The molecule has 112 valence electrons. The van der Waals surface area contributed by atoms with Gasteiger partial charge in [-0.05, 0) is 25.5 Å². The summed E-state index contributed by atoms with van der Waals surface area (Å²) in [6.45, 7) is 2.99. The Morgan fingerprint density at radius 1 is 1.40 bits per heavy atom. The van der Waals surface area contributed by atoms with Crippen LogP contribution in [0.2, 0.25) is 0 Å². The van der Waals surface area contributed by atoms with E-state index in [1.165, 1.54) is 11.8 Å². The fraction of sp³-hybridized carbons (Fsp3) is 0.462. The van der Waals surface area contributed by atoms with Crippen molar-refractivity contribution >= 4 is 17.7 Å². The Bertz CT molecular complexity index is 477. The molecule has 1 rings (SSSR count). The standard InChI is InChI=1S/C13H16F3NO2S/c1-8-3-4-9(2)10(5-8)20-7-12(19)17-6-11(18)13(14,15)16/h3-5,11,18H,6-7H2,1-2H3,(H,17,19). The normalized spacial score (nSPS) is 13.1. The number of halogens is 3. The molecule has 0 bridgehead atoms. The quantitative estimate of drug-likeness (QED) is 0.822. The van der Waals surface area contributed by atoms with E-state index in [4.69, 9.17) is 5.11 Å². The Labute approximate surface area is 119 Å². The SMILES string of the molecule is Cc1ccc(C)c(SCC(=O)NCC(O)C(F)(F)F)c1. The van der Waals surface area contributed by atoms with Gasteiger partial charge in [0.25, 0.3) is 0 Å². The van der Waals surface area contributed by atoms with E-state index in [0.29, 0.717) is 0 Å². The molecule has 1 aromatic rings. The molecule has 2 N–H and O–H groups in total. The van der Waals surface area contributed by atoms with E-state index in [2.05, 4.69) is 5.32 Å². The lowest BCUT2D eigenvalue weighted by molar-refractivity contribution is -0.201. The predicted octanol–water partition coefficient (Wildman–Crippen LogP) is 2.43. The smallest absolute Gasteiger partial charge is 0.382 e. The number of thioether (sulfide) groups is 1. The first kappa shape index (κ1) is 16.8. The predicted molar refractivity (Wildman–Crippen MR) is 71.7 cm³/mol. The molecule has 0 aliphatic rings. The van der Waals surface area contributed by atoms with Gasteiger partial charge in [0.2, 0.25) is 5.91 Å². The Morgan fingerprint density at radius 2 is 2.05 bits per heavy atom. The number of alkyl halides is 3. The molecular formula is C13H16F3NO2S. The number of aliphatic hydroxyl groups is 1. The molecule has 1 aromatic carbocycles. The van der Waals surface area contributed by atoms with Crippen LogP contribution in [0, 0.1) is 13.8 Å². The van der Waals surface area contributed by atoms with Gasteiger partial charge >= 0.3 is 6.18 Å². The Balaban J connectivity index is 2.42. The summed E-state index contributed by atoms with van der Waals surface area (Å²) < 4.78 is 36.1. The average molecular weight is 307 g/mol. The number of aryl methyl sites for hydroxylation is 2. The van der Waals surface area contributed by atoms with Crippen molar-refractivity contribution in [3.05, 3.63) is 29.3 Å². The van der Waals surface area contributed by atoms with Crippen LogP contribution >= 0.6 is 11.8 Å². The molecule has 20 heavy (non-hydrogen) atoms. The van der Waals surface area contributed by atoms with Crippen molar-refractivity contribution in [3.63, 3.8) is 0 Å². The number of nitrogens with one attached hydrogen (secondary N) is 1. The van der Waals surface area contributed by atoms with Crippen LogP contribution in [-0.2, 0) is 4.79 Å². The van der Waals surface area contributed by atoms with E-state index in [-0.39, 0.29) is 5.75 Å². The van der Waals surface area contributed by atoms with E-state index < -0.39 is 24.7 Å². The zero-order chi connectivity index (χ0) is 15.3. The number of benzene rings is 1. The lowest BCUT2D eigenvalue weighted by Crippen LogP contribution is -2.41. The number of rotatable bonds is 5. The van der Waals surface area contributed by atoms with E-state index in [1.54, 1.807) is 0 Å². The maximum Gasteiger partial charge on any atom is 0.416 e. The molecule has 0 aliphatic carbocycles. The number of carbonyl (C=O) groups is 1. The summed E-state index contributed by atoms with van der Waals surface area (Å²) in [5.74, 6) is -0.534. The molecule has 0 saturated heterocycles. The summed E-state index contributed by atoms with van der Waals surface area (Å²) in [5.41, 5.74) is 2.05. The third-order valence-corrected chi connectivity index (χ3v) is 3.73. The van der Waals surface area contributed by atoms with Gasteiger partial charge in [-0.1, -0.05) is 17.7 Å². The number of aliphatic hydroxyl groups excluding tert-OH is 1. The van der Waals surface area contributed by atoms with Crippen LogP contribution in [0.15, 0.2) is 23.1 Å². The Hall–Kier alpha value is -1.21. The lowest BCUT2D eigenvalue weighted by Gasteiger charge is -2.15. The minimum atomic E-state index is -4.71. The largest absolute Gasteiger partial charge is 0.416 e. The molecule has 0 saturated carbocycles. The number of amides is 1. The third kappa shape index (κ3) is 5.42. The van der Waals surface area contributed by atoms with Crippen LogP contribution in [0.3, 0.4) is 0 Å². The van der Waals surface area contributed by atoms with Gasteiger partial charge in [0.15, 0.2) is 6.10 Å². The summed E-state index contributed by atoms with van der Waals surface area (Å²) in [6.07, 6.45) is -7.25. The molecular weight excluding hydrogens is 291 g/mol. The molecule has 0 spiro atoms. The van der Waals surface area contributed by atoms with Crippen LogP contribution in [0.5, 0.6) is 0 Å². The number of carbonyl (C=O) groups excluding carboxylic acids is 1. The first-order chi connectivity index (χ1) is 9.20. The molecule has 1 amide bonds. The minimum Gasteiger partial charge on any atom is -0.382 e. The minimum absolute atomic E-state index is 0.00880.